The highest BCUT2D eigenvalue weighted by molar-refractivity contribution is 7.90. The number of rotatable bonds is 6. The van der Waals surface area contributed by atoms with Gasteiger partial charge in [0.2, 0.25) is 0 Å². The van der Waals surface area contributed by atoms with Crippen molar-refractivity contribution < 1.29 is 22.6 Å². The van der Waals surface area contributed by atoms with Gasteiger partial charge in [-0.05, 0) is 30.3 Å². The van der Waals surface area contributed by atoms with Crippen molar-refractivity contribution in [2.24, 2.45) is 5.14 Å². The summed E-state index contributed by atoms with van der Waals surface area (Å²) in [4.78, 5) is 4.30. The monoisotopic (exact) mass is 375 g/mol. The Morgan fingerprint density at radius 2 is 1.73 bits per heavy atom. The fourth-order valence-corrected chi connectivity index (χ4v) is 2.89. The van der Waals surface area contributed by atoms with E-state index in [9.17, 15) is 8.42 Å². The van der Waals surface area contributed by atoms with Crippen LogP contribution in [0, 0.1) is 0 Å². The molecule has 0 bridgehead atoms. The standard InChI is InChI=1S/C17H17N3O5S/c1-23-11-3-5-13-15(9-11)19-8-7-16(13)25-12-4-6-14(17(10-12)24-2)20-26(18,21)22/h3-10,20H,1-2H3,(H2,18,21,22). The molecule has 0 amide bonds. The maximum Gasteiger partial charge on any atom is 0.296 e. The van der Waals surface area contributed by atoms with Gasteiger partial charge in [-0.25, -0.2) is 5.14 Å². The van der Waals surface area contributed by atoms with Crippen LogP contribution in [-0.4, -0.2) is 27.6 Å². The first-order valence-electron chi connectivity index (χ1n) is 7.49. The molecule has 0 radical (unpaired) electrons. The van der Waals surface area contributed by atoms with Gasteiger partial charge in [-0.15, -0.1) is 0 Å². The highest BCUT2D eigenvalue weighted by atomic mass is 32.2. The number of nitrogens with one attached hydrogen (secondary N) is 1. The number of fused-ring (bicyclic) bond motifs is 1. The van der Waals surface area contributed by atoms with Gasteiger partial charge in [0, 0.05) is 23.7 Å². The molecule has 0 spiro atoms. The number of hydrogen-bond donors (Lipinski definition) is 2. The Morgan fingerprint density at radius 1 is 0.962 bits per heavy atom. The van der Waals surface area contributed by atoms with Crippen molar-refractivity contribution in [1.29, 1.82) is 0 Å². The number of nitrogens with two attached hydrogens (primary N) is 1. The number of nitrogens with zero attached hydrogens (tertiary/aromatic N) is 1. The lowest BCUT2D eigenvalue weighted by Crippen LogP contribution is -2.22. The smallest absolute Gasteiger partial charge is 0.296 e. The van der Waals surface area contributed by atoms with Crippen molar-refractivity contribution in [2.75, 3.05) is 18.9 Å². The summed E-state index contributed by atoms with van der Waals surface area (Å²) in [6, 6.07) is 11.9. The summed E-state index contributed by atoms with van der Waals surface area (Å²) in [6.07, 6.45) is 1.63. The van der Waals surface area contributed by atoms with E-state index in [0.29, 0.717) is 17.2 Å². The zero-order valence-corrected chi connectivity index (χ0v) is 14.9. The molecule has 2 aromatic carbocycles. The molecular weight excluding hydrogens is 358 g/mol. The number of hydrogen-bond acceptors (Lipinski definition) is 6. The summed E-state index contributed by atoms with van der Waals surface area (Å²) in [7, 11) is -0.901. The second-order valence-electron chi connectivity index (χ2n) is 5.30. The highest BCUT2D eigenvalue weighted by Crippen LogP contribution is 2.35. The highest BCUT2D eigenvalue weighted by Gasteiger charge is 2.11. The molecule has 0 aliphatic rings. The summed E-state index contributed by atoms with van der Waals surface area (Å²) in [5.74, 6) is 2.02. The third-order valence-electron chi connectivity index (χ3n) is 3.56. The summed E-state index contributed by atoms with van der Waals surface area (Å²) in [5, 5.41) is 5.80. The van der Waals surface area contributed by atoms with E-state index < -0.39 is 10.2 Å². The first kappa shape index (κ1) is 17.8. The van der Waals surface area contributed by atoms with E-state index in [4.69, 9.17) is 19.3 Å². The molecule has 0 unspecified atom stereocenters. The number of pyridine rings is 1. The lowest BCUT2D eigenvalue weighted by atomic mass is 10.2. The number of aromatic nitrogens is 1. The topological polar surface area (TPSA) is 113 Å². The molecule has 3 N–H and O–H groups in total. The van der Waals surface area contributed by atoms with Gasteiger partial charge in [0.1, 0.15) is 23.0 Å². The Bertz CT molecular complexity index is 1050. The predicted molar refractivity (Wildman–Crippen MR) is 98.1 cm³/mol. The molecule has 136 valence electrons. The average molecular weight is 375 g/mol. The Hall–Kier alpha value is -3.04. The fraction of sp³-hybridized carbons (Fsp3) is 0.118. The van der Waals surface area contributed by atoms with Crippen LogP contribution < -0.4 is 24.1 Å². The van der Waals surface area contributed by atoms with E-state index in [1.165, 1.54) is 13.2 Å². The Balaban J connectivity index is 1.95. The molecule has 0 aliphatic heterocycles. The maximum absolute atomic E-state index is 11.2. The first-order chi connectivity index (χ1) is 12.4. The van der Waals surface area contributed by atoms with Crippen LogP contribution in [0.15, 0.2) is 48.7 Å². The zero-order chi connectivity index (χ0) is 18.7. The predicted octanol–water partition coefficient (Wildman–Crippen LogP) is 2.66. The van der Waals surface area contributed by atoms with Crippen LogP contribution in [0.4, 0.5) is 5.69 Å². The Kier molecular flexibility index (Phi) is 4.83. The van der Waals surface area contributed by atoms with Crippen molar-refractivity contribution in [1.82, 2.24) is 4.98 Å². The minimum Gasteiger partial charge on any atom is -0.497 e. The molecule has 26 heavy (non-hydrogen) atoms. The molecule has 0 aliphatic carbocycles. The number of benzene rings is 2. The normalized spacial score (nSPS) is 11.2. The number of anilines is 1. The van der Waals surface area contributed by atoms with Crippen molar-refractivity contribution in [3.63, 3.8) is 0 Å². The van der Waals surface area contributed by atoms with Gasteiger partial charge in [-0.2, -0.15) is 8.42 Å². The van der Waals surface area contributed by atoms with E-state index in [1.54, 1.807) is 31.5 Å². The van der Waals surface area contributed by atoms with Gasteiger partial charge in [0.15, 0.2) is 0 Å². The number of ether oxygens (including phenoxy) is 3. The van der Waals surface area contributed by atoms with E-state index in [1.807, 2.05) is 18.2 Å². The van der Waals surface area contributed by atoms with Gasteiger partial charge in [-0.1, -0.05) is 0 Å². The van der Waals surface area contributed by atoms with Crippen LogP contribution in [0.3, 0.4) is 0 Å². The van der Waals surface area contributed by atoms with Crippen molar-refractivity contribution in [3.8, 4) is 23.0 Å². The SMILES string of the molecule is COc1ccc2c(Oc3ccc(NS(N)(=O)=O)c(OC)c3)ccnc2c1. The third kappa shape index (κ3) is 3.95. The Labute approximate surface area is 150 Å². The van der Waals surface area contributed by atoms with Crippen LogP contribution in [0.2, 0.25) is 0 Å². The van der Waals surface area contributed by atoms with Gasteiger partial charge >= 0.3 is 0 Å². The minimum absolute atomic E-state index is 0.215. The van der Waals surface area contributed by atoms with Crippen LogP contribution >= 0.6 is 0 Å². The van der Waals surface area contributed by atoms with Crippen molar-refractivity contribution in [3.05, 3.63) is 48.7 Å². The summed E-state index contributed by atoms with van der Waals surface area (Å²) < 4.78 is 40.9. The largest absolute Gasteiger partial charge is 0.497 e. The van der Waals surface area contributed by atoms with Crippen LogP contribution in [0.1, 0.15) is 0 Å². The molecular formula is C17H17N3O5S. The first-order valence-corrected chi connectivity index (χ1v) is 9.03. The third-order valence-corrected chi connectivity index (χ3v) is 4.07. The van der Waals surface area contributed by atoms with Crippen LogP contribution in [0.25, 0.3) is 10.9 Å². The van der Waals surface area contributed by atoms with Gasteiger partial charge in [0.05, 0.1) is 25.4 Å². The maximum atomic E-state index is 11.2. The second-order valence-corrected chi connectivity index (χ2v) is 6.60. The average Bonchev–Trinajstić information content (AvgIpc) is 2.61. The summed E-state index contributed by atoms with van der Waals surface area (Å²) in [5.41, 5.74) is 0.938. The number of methoxy groups -OCH3 is 2. The Morgan fingerprint density at radius 3 is 2.42 bits per heavy atom. The van der Waals surface area contributed by atoms with Gasteiger partial charge in [0.25, 0.3) is 10.2 Å². The van der Waals surface area contributed by atoms with E-state index in [2.05, 4.69) is 9.71 Å². The zero-order valence-electron chi connectivity index (χ0n) is 14.1. The quantitative estimate of drug-likeness (QED) is 0.685. The second kappa shape index (κ2) is 7.06. The lowest BCUT2D eigenvalue weighted by molar-refractivity contribution is 0.411. The lowest BCUT2D eigenvalue weighted by Gasteiger charge is -2.13. The van der Waals surface area contributed by atoms with E-state index in [0.717, 1.165) is 10.9 Å². The van der Waals surface area contributed by atoms with Gasteiger partial charge in [-0.3, -0.25) is 9.71 Å². The molecule has 8 nitrogen and oxygen atoms in total. The molecule has 0 atom stereocenters. The molecule has 9 heteroatoms. The van der Waals surface area contributed by atoms with Crippen molar-refractivity contribution >= 4 is 26.8 Å². The minimum atomic E-state index is -3.91. The van der Waals surface area contributed by atoms with Gasteiger partial charge < -0.3 is 14.2 Å². The molecule has 3 aromatic rings. The summed E-state index contributed by atoms with van der Waals surface area (Å²) >= 11 is 0. The van der Waals surface area contributed by atoms with Crippen LogP contribution in [0.5, 0.6) is 23.0 Å². The molecule has 3 rings (SSSR count). The molecule has 0 saturated carbocycles. The van der Waals surface area contributed by atoms with E-state index >= 15 is 0 Å². The van der Waals surface area contributed by atoms with Crippen molar-refractivity contribution in [2.45, 2.75) is 0 Å². The van der Waals surface area contributed by atoms with E-state index in [-0.39, 0.29) is 11.4 Å². The molecule has 0 saturated heterocycles. The molecule has 1 heterocycles. The molecule has 1 aromatic heterocycles. The summed E-state index contributed by atoms with van der Waals surface area (Å²) in [6.45, 7) is 0. The van der Waals surface area contributed by atoms with Crippen LogP contribution in [-0.2, 0) is 10.2 Å². The fourth-order valence-electron chi connectivity index (χ4n) is 2.42. The molecule has 0 fully saturated rings.